The van der Waals surface area contributed by atoms with Crippen molar-refractivity contribution in [2.45, 2.75) is 19.9 Å². The molecule has 1 aliphatic rings. The van der Waals surface area contributed by atoms with E-state index >= 15 is 0 Å². The van der Waals surface area contributed by atoms with Crippen LogP contribution < -0.4 is 10.3 Å². The summed E-state index contributed by atoms with van der Waals surface area (Å²) in [4.78, 5) is 11.5. The van der Waals surface area contributed by atoms with Gasteiger partial charge in [-0.15, -0.1) is 0 Å². The number of nitrogens with one attached hydrogen (secondary N) is 1. The molecule has 0 aliphatic carbocycles. The lowest BCUT2D eigenvalue weighted by molar-refractivity contribution is -0.124. The fourth-order valence-corrected chi connectivity index (χ4v) is 1.56. The van der Waals surface area contributed by atoms with Gasteiger partial charge in [0.2, 0.25) is 5.91 Å². The Morgan fingerprint density at radius 1 is 1.33 bits per heavy atom. The highest BCUT2D eigenvalue weighted by Crippen LogP contribution is 2.15. The molecule has 4 heteroatoms. The van der Waals surface area contributed by atoms with Gasteiger partial charge in [-0.3, -0.25) is 4.79 Å². The third-order valence-electron chi connectivity index (χ3n) is 2.64. The van der Waals surface area contributed by atoms with Crippen LogP contribution >= 0.6 is 0 Å². The number of hydrazone groups is 1. The van der Waals surface area contributed by atoms with E-state index in [4.69, 9.17) is 0 Å². The van der Waals surface area contributed by atoms with Crippen LogP contribution in [0, 0.1) is 5.92 Å². The molecule has 0 fully saturated rings. The minimum atomic E-state index is -0.125. The van der Waals surface area contributed by atoms with Gasteiger partial charge < -0.3 is 5.32 Å². The van der Waals surface area contributed by atoms with Gasteiger partial charge >= 0.3 is 0 Å². The lowest BCUT2D eigenvalue weighted by Crippen LogP contribution is -2.39. The third-order valence-corrected chi connectivity index (χ3v) is 2.64. The molecule has 1 unspecified atom stereocenters. The Kier molecular flexibility index (Phi) is 3.77. The number of para-hydroxylation sites is 1. The summed E-state index contributed by atoms with van der Waals surface area (Å²) >= 11 is 0. The van der Waals surface area contributed by atoms with Crippen LogP contribution in [0.1, 0.15) is 13.8 Å². The van der Waals surface area contributed by atoms with Crippen LogP contribution in [0.3, 0.4) is 0 Å². The van der Waals surface area contributed by atoms with Crippen LogP contribution in [0.5, 0.6) is 0 Å². The highest BCUT2D eigenvalue weighted by atomic mass is 16.1. The number of hydrogen-bond acceptors (Lipinski definition) is 3. The van der Waals surface area contributed by atoms with Crippen molar-refractivity contribution in [1.82, 2.24) is 5.32 Å². The maximum Gasteiger partial charge on any atom is 0.223 e. The smallest absolute Gasteiger partial charge is 0.223 e. The quantitative estimate of drug-likeness (QED) is 0.884. The van der Waals surface area contributed by atoms with Crippen LogP contribution in [-0.4, -0.2) is 18.2 Å². The number of anilines is 1. The number of amides is 1. The molecule has 0 bridgehead atoms. The zero-order valence-corrected chi connectivity index (χ0v) is 10.6. The van der Waals surface area contributed by atoms with E-state index < -0.39 is 0 Å². The second-order valence-electron chi connectivity index (χ2n) is 4.48. The molecule has 1 N–H and O–H groups in total. The molecule has 1 aromatic carbocycles. The Balaban J connectivity index is 1.97. The zero-order valence-electron chi connectivity index (χ0n) is 10.6. The molecule has 4 nitrogen and oxygen atoms in total. The maximum atomic E-state index is 11.5. The number of hydrogen-bond donors (Lipinski definition) is 1. The summed E-state index contributed by atoms with van der Waals surface area (Å²) in [6, 6.07) is 9.73. The summed E-state index contributed by atoms with van der Waals surface area (Å²) in [6.07, 6.45) is 5.51. The van der Waals surface area contributed by atoms with E-state index in [1.165, 1.54) is 0 Å². The van der Waals surface area contributed by atoms with Gasteiger partial charge in [-0.05, 0) is 18.2 Å². The second kappa shape index (κ2) is 5.49. The SMILES string of the molecule is CC(C)C(=O)NC1C=CN(c2ccccc2)N=C1. The van der Waals surface area contributed by atoms with Crippen LogP contribution in [0.15, 0.2) is 47.7 Å². The normalized spacial score (nSPS) is 18.2. The van der Waals surface area contributed by atoms with Crippen molar-refractivity contribution in [3.63, 3.8) is 0 Å². The van der Waals surface area contributed by atoms with Crippen molar-refractivity contribution in [3.05, 3.63) is 42.6 Å². The predicted molar refractivity (Wildman–Crippen MR) is 73.3 cm³/mol. The van der Waals surface area contributed by atoms with E-state index in [9.17, 15) is 4.79 Å². The first kappa shape index (κ1) is 12.4. The average molecular weight is 243 g/mol. The first-order valence-corrected chi connectivity index (χ1v) is 6.04. The molecule has 18 heavy (non-hydrogen) atoms. The largest absolute Gasteiger partial charge is 0.344 e. The number of carbonyl (C=O) groups is 1. The molecule has 0 radical (unpaired) electrons. The summed E-state index contributed by atoms with van der Waals surface area (Å²) < 4.78 is 0. The summed E-state index contributed by atoms with van der Waals surface area (Å²) in [5, 5.41) is 8.96. The van der Waals surface area contributed by atoms with Crippen molar-refractivity contribution >= 4 is 17.8 Å². The minimum absolute atomic E-state index is 0.0149. The maximum absolute atomic E-state index is 11.5. The van der Waals surface area contributed by atoms with E-state index in [1.54, 1.807) is 11.2 Å². The van der Waals surface area contributed by atoms with Crippen LogP contribution in [-0.2, 0) is 4.79 Å². The van der Waals surface area contributed by atoms with Crippen LogP contribution in [0.2, 0.25) is 0 Å². The monoisotopic (exact) mass is 243 g/mol. The first-order valence-electron chi connectivity index (χ1n) is 6.04. The highest BCUT2D eigenvalue weighted by Gasteiger charge is 2.14. The molecule has 1 amide bonds. The molecule has 1 aliphatic heterocycles. The summed E-state index contributed by atoms with van der Waals surface area (Å²) in [5.41, 5.74) is 0.999. The Bertz CT molecular complexity index is 451. The molecule has 2 rings (SSSR count). The van der Waals surface area contributed by atoms with Crippen molar-refractivity contribution in [3.8, 4) is 0 Å². The van der Waals surface area contributed by atoms with E-state index in [1.807, 2.05) is 56.5 Å². The number of carbonyl (C=O) groups excluding carboxylic acids is 1. The molecule has 1 heterocycles. The van der Waals surface area contributed by atoms with E-state index in [-0.39, 0.29) is 17.9 Å². The fraction of sp³-hybridized carbons (Fsp3) is 0.286. The van der Waals surface area contributed by atoms with Crippen LogP contribution in [0.4, 0.5) is 5.69 Å². The van der Waals surface area contributed by atoms with Gasteiger partial charge in [-0.1, -0.05) is 32.0 Å². The molecule has 1 aromatic rings. The van der Waals surface area contributed by atoms with Gasteiger partial charge in [0.15, 0.2) is 0 Å². The van der Waals surface area contributed by atoms with Crippen LogP contribution in [0.25, 0.3) is 0 Å². The molecule has 94 valence electrons. The molecular formula is C14H17N3O. The van der Waals surface area contributed by atoms with Gasteiger partial charge in [-0.25, -0.2) is 5.01 Å². The van der Waals surface area contributed by atoms with Crippen molar-refractivity contribution < 1.29 is 4.79 Å². The second-order valence-corrected chi connectivity index (χ2v) is 4.48. The van der Waals surface area contributed by atoms with E-state index in [0.717, 1.165) is 5.69 Å². The lowest BCUT2D eigenvalue weighted by Gasteiger charge is -2.21. The van der Waals surface area contributed by atoms with Crippen molar-refractivity contribution in [2.24, 2.45) is 11.0 Å². The third kappa shape index (κ3) is 2.97. The summed E-state index contributed by atoms with van der Waals surface area (Å²) in [5.74, 6) is 0.0169. The van der Waals surface area contributed by atoms with Gasteiger partial charge in [0.25, 0.3) is 0 Å². The molecule has 0 aromatic heterocycles. The molecule has 1 atom stereocenters. The Hall–Kier alpha value is -2.10. The standard InChI is InChI=1S/C14H17N3O/c1-11(2)14(18)16-12-8-9-17(15-10-12)13-6-4-3-5-7-13/h3-12H,1-2H3,(H,16,18). The molecular weight excluding hydrogens is 226 g/mol. The fourth-order valence-electron chi connectivity index (χ4n) is 1.56. The van der Waals surface area contributed by atoms with E-state index in [2.05, 4.69) is 10.4 Å². The predicted octanol–water partition coefficient (Wildman–Crippen LogP) is 2.15. The Morgan fingerprint density at radius 2 is 2.06 bits per heavy atom. The topological polar surface area (TPSA) is 44.7 Å². The summed E-state index contributed by atoms with van der Waals surface area (Å²) in [6.45, 7) is 3.74. The number of nitrogens with zero attached hydrogens (tertiary/aromatic N) is 2. The molecule has 0 saturated carbocycles. The van der Waals surface area contributed by atoms with Gasteiger partial charge in [-0.2, -0.15) is 5.10 Å². The van der Waals surface area contributed by atoms with Crippen molar-refractivity contribution in [1.29, 1.82) is 0 Å². The lowest BCUT2D eigenvalue weighted by atomic mass is 10.2. The molecule has 0 saturated heterocycles. The molecule has 0 spiro atoms. The zero-order chi connectivity index (χ0) is 13.0. The van der Waals surface area contributed by atoms with E-state index in [0.29, 0.717) is 0 Å². The Morgan fingerprint density at radius 3 is 2.61 bits per heavy atom. The van der Waals surface area contributed by atoms with Gasteiger partial charge in [0.05, 0.1) is 17.9 Å². The minimum Gasteiger partial charge on any atom is -0.344 e. The van der Waals surface area contributed by atoms with Gasteiger partial charge in [0, 0.05) is 12.1 Å². The number of rotatable bonds is 3. The summed E-state index contributed by atoms with van der Waals surface area (Å²) in [7, 11) is 0. The Labute approximate surface area is 107 Å². The average Bonchev–Trinajstić information content (AvgIpc) is 2.40. The first-order chi connectivity index (χ1) is 8.66. The highest BCUT2D eigenvalue weighted by molar-refractivity contribution is 5.83. The van der Waals surface area contributed by atoms with Crippen molar-refractivity contribution in [2.75, 3.05) is 5.01 Å². The number of benzene rings is 1. The van der Waals surface area contributed by atoms with Gasteiger partial charge in [0.1, 0.15) is 0 Å².